The molecule has 6 heteroatoms. The van der Waals surface area contributed by atoms with Gasteiger partial charge in [0.2, 0.25) is 5.69 Å². The minimum Gasteiger partial charge on any atom is -0.463 e. The van der Waals surface area contributed by atoms with Gasteiger partial charge in [-0.15, -0.1) is 0 Å². The van der Waals surface area contributed by atoms with Crippen molar-refractivity contribution in [3.8, 4) is 0 Å². The van der Waals surface area contributed by atoms with Crippen molar-refractivity contribution in [3.63, 3.8) is 0 Å². The van der Waals surface area contributed by atoms with Gasteiger partial charge in [-0.25, -0.2) is 9.59 Å². The highest BCUT2D eigenvalue weighted by atomic mass is 16.5. The maximum absolute atomic E-state index is 11.9. The van der Waals surface area contributed by atoms with Crippen LogP contribution in [0.4, 0.5) is 11.4 Å². The lowest BCUT2D eigenvalue weighted by Crippen LogP contribution is -2.27. The number of allylic oxidation sites excluding steroid dienone is 6. The molecule has 2 aromatic rings. The van der Waals surface area contributed by atoms with Gasteiger partial charge in [-0.05, 0) is 51.5 Å². The van der Waals surface area contributed by atoms with Gasteiger partial charge in [0.15, 0.2) is 12.3 Å². The van der Waals surface area contributed by atoms with E-state index in [0.717, 1.165) is 22.8 Å². The van der Waals surface area contributed by atoms with Gasteiger partial charge in [0.25, 0.3) is 0 Å². The van der Waals surface area contributed by atoms with Gasteiger partial charge in [0.05, 0.1) is 18.6 Å². The fraction of sp³-hybridized carbons (Fsp3) is 0.324. The molecule has 0 bridgehead atoms. The fourth-order valence-corrected chi connectivity index (χ4v) is 5.92. The van der Waals surface area contributed by atoms with Crippen molar-refractivity contribution < 1.29 is 23.6 Å². The Bertz CT molecular complexity index is 1540. The summed E-state index contributed by atoms with van der Waals surface area (Å²) >= 11 is 0. The summed E-state index contributed by atoms with van der Waals surface area (Å²) in [5.41, 5.74) is 6.69. The quantitative estimate of drug-likeness (QED) is 0.123. The van der Waals surface area contributed by atoms with Crippen LogP contribution in [0.1, 0.15) is 52.7 Å². The third-order valence-electron chi connectivity index (χ3n) is 7.99. The van der Waals surface area contributed by atoms with Crippen LogP contribution in [-0.4, -0.2) is 48.5 Å². The summed E-state index contributed by atoms with van der Waals surface area (Å²) in [7, 11) is 0. The molecular weight excluding hydrogens is 536 g/mol. The average molecular weight is 580 g/mol. The van der Waals surface area contributed by atoms with Gasteiger partial charge < -0.3 is 14.4 Å². The summed E-state index contributed by atoms with van der Waals surface area (Å²) in [5.74, 6) is -0.658. The Morgan fingerprint density at radius 2 is 1.42 bits per heavy atom. The zero-order chi connectivity index (χ0) is 31.0. The van der Waals surface area contributed by atoms with Crippen molar-refractivity contribution in [2.24, 2.45) is 0 Å². The molecule has 0 aromatic heterocycles. The number of rotatable bonds is 11. The molecule has 2 heterocycles. The summed E-state index contributed by atoms with van der Waals surface area (Å²) in [6, 6.07) is 16.8. The second kappa shape index (κ2) is 13.7. The molecule has 43 heavy (non-hydrogen) atoms. The normalized spacial score (nSPS) is 18.0. The first-order chi connectivity index (χ1) is 20.6. The van der Waals surface area contributed by atoms with E-state index in [1.54, 1.807) is 13.8 Å². The van der Waals surface area contributed by atoms with E-state index in [9.17, 15) is 9.59 Å². The average Bonchev–Trinajstić information content (AvgIpc) is 3.32. The number of para-hydroxylation sites is 2. The summed E-state index contributed by atoms with van der Waals surface area (Å²) in [5, 5.41) is 0. The number of fused-ring (bicyclic) bond motifs is 2. The molecule has 4 rings (SSSR count). The van der Waals surface area contributed by atoms with Crippen molar-refractivity contribution in [2.45, 2.75) is 52.4 Å². The highest BCUT2D eigenvalue weighted by molar-refractivity contribution is 6.03. The predicted octanol–water partition coefficient (Wildman–Crippen LogP) is 7.10. The monoisotopic (exact) mass is 579 g/mol. The summed E-state index contributed by atoms with van der Waals surface area (Å²) in [6.45, 7) is 14.4. The zero-order valence-corrected chi connectivity index (χ0v) is 26.2. The van der Waals surface area contributed by atoms with Gasteiger partial charge in [-0.2, -0.15) is 4.58 Å². The number of esters is 2. The number of ether oxygens (including phenoxy) is 2. The van der Waals surface area contributed by atoms with Crippen molar-refractivity contribution in [2.75, 3.05) is 31.2 Å². The zero-order valence-electron chi connectivity index (χ0n) is 26.2. The molecular formula is C37H43N2O4+. The van der Waals surface area contributed by atoms with Crippen LogP contribution < -0.4 is 4.90 Å². The molecule has 6 nitrogen and oxygen atoms in total. The molecule has 0 saturated carbocycles. The first-order valence-electron chi connectivity index (χ1n) is 15.0. The largest absolute Gasteiger partial charge is 0.463 e. The Hall–Kier alpha value is -4.45. The summed E-state index contributed by atoms with van der Waals surface area (Å²) in [6.07, 6.45) is 17.2. The standard InChI is InChI=1S/C37H43N2O4/c1-7-42-34(40)24-16-26-38-30-20-14-12-18-28(30)36(3,4)32(38)22-10-9-11-23-33-37(5,6)29-19-13-15-21-31(29)39(33)27-17-25-35(41)43-8-2/h9-25H,7-8,26-27H2,1-6H3/q+1/b24-16+,25-17+. The topological polar surface area (TPSA) is 58.8 Å². The van der Waals surface area contributed by atoms with Crippen LogP contribution in [0.3, 0.4) is 0 Å². The Kier molecular flexibility index (Phi) is 10.0. The molecule has 0 aliphatic carbocycles. The molecule has 2 aromatic carbocycles. The minimum atomic E-state index is -0.329. The second-order valence-electron chi connectivity index (χ2n) is 11.5. The Morgan fingerprint density at radius 3 is 2.12 bits per heavy atom. The van der Waals surface area contributed by atoms with Crippen LogP contribution in [0, 0.1) is 0 Å². The van der Waals surface area contributed by atoms with Crippen LogP contribution in [0.5, 0.6) is 0 Å². The Morgan fingerprint density at radius 1 is 0.791 bits per heavy atom. The molecule has 0 amide bonds. The highest BCUT2D eigenvalue weighted by Crippen LogP contribution is 2.47. The van der Waals surface area contributed by atoms with Gasteiger partial charge in [0.1, 0.15) is 0 Å². The molecule has 0 saturated heterocycles. The van der Waals surface area contributed by atoms with E-state index in [0.29, 0.717) is 26.3 Å². The van der Waals surface area contributed by atoms with Crippen molar-refractivity contribution in [1.29, 1.82) is 0 Å². The number of anilines is 1. The Balaban J connectivity index is 1.61. The second-order valence-corrected chi connectivity index (χ2v) is 11.5. The van der Waals surface area contributed by atoms with E-state index in [1.165, 1.54) is 23.3 Å². The van der Waals surface area contributed by atoms with Gasteiger partial charge in [0, 0.05) is 53.2 Å². The first kappa shape index (κ1) is 31.5. The number of hydrogen-bond donors (Lipinski definition) is 0. The van der Waals surface area contributed by atoms with Crippen LogP contribution in [0.2, 0.25) is 0 Å². The SMILES string of the molecule is CCOC(=O)/C=C/CN1/C(=C/C=C/C=C/C2=[N+](C/C=C/C(=O)OCC)c3ccccc3C2(C)C)C(C)(C)c2ccccc21. The van der Waals surface area contributed by atoms with Crippen molar-refractivity contribution in [3.05, 3.63) is 120 Å². The summed E-state index contributed by atoms with van der Waals surface area (Å²) in [4.78, 5) is 26.0. The van der Waals surface area contributed by atoms with Gasteiger partial charge in [-0.3, -0.25) is 0 Å². The van der Waals surface area contributed by atoms with Crippen LogP contribution >= 0.6 is 0 Å². The van der Waals surface area contributed by atoms with Crippen LogP contribution in [0.25, 0.3) is 0 Å². The van der Waals surface area contributed by atoms with Gasteiger partial charge >= 0.3 is 11.9 Å². The lowest BCUT2D eigenvalue weighted by atomic mass is 9.81. The molecule has 0 N–H and O–H groups in total. The van der Waals surface area contributed by atoms with E-state index in [-0.39, 0.29) is 22.8 Å². The van der Waals surface area contributed by atoms with E-state index < -0.39 is 0 Å². The third-order valence-corrected chi connectivity index (χ3v) is 7.99. The molecule has 0 atom stereocenters. The molecule has 2 aliphatic heterocycles. The van der Waals surface area contributed by atoms with Gasteiger partial charge in [-0.1, -0.05) is 74.5 Å². The molecule has 0 fully saturated rings. The highest BCUT2D eigenvalue weighted by Gasteiger charge is 2.43. The number of carbonyl (C=O) groups is 2. The number of hydrogen-bond acceptors (Lipinski definition) is 5. The molecule has 0 radical (unpaired) electrons. The molecule has 2 aliphatic rings. The van der Waals surface area contributed by atoms with Crippen LogP contribution in [0.15, 0.2) is 109 Å². The number of benzene rings is 2. The third kappa shape index (κ3) is 6.80. The van der Waals surface area contributed by atoms with E-state index in [2.05, 4.69) is 104 Å². The van der Waals surface area contributed by atoms with E-state index >= 15 is 0 Å². The van der Waals surface area contributed by atoms with Crippen molar-refractivity contribution >= 4 is 29.0 Å². The Labute approximate surface area is 256 Å². The van der Waals surface area contributed by atoms with E-state index in [1.807, 2.05) is 24.3 Å². The fourth-order valence-electron chi connectivity index (χ4n) is 5.92. The maximum Gasteiger partial charge on any atom is 0.330 e. The first-order valence-corrected chi connectivity index (χ1v) is 15.0. The van der Waals surface area contributed by atoms with Crippen LogP contribution in [-0.2, 0) is 29.9 Å². The predicted molar refractivity (Wildman–Crippen MR) is 174 cm³/mol. The molecule has 224 valence electrons. The number of nitrogens with zero attached hydrogens (tertiary/aromatic N) is 2. The molecule has 0 unspecified atom stereocenters. The van der Waals surface area contributed by atoms with Crippen molar-refractivity contribution in [1.82, 2.24) is 0 Å². The minimum absolute atomic E-state index is 0.200. The van der Waals surface area contributed by atoms with E-state index in [4.69, 9.17) is 9.47 Å². The lowest BCUT2D eigenvalue weighted by Gasteiger charge is -2.26. The summed E-state index contributed by atoms with van der Waals surface area (Å²) < 4.78 is 12.4. The smallest absolute Gasteiger partial charge is 0.330 e. The lowest BCUT2D eigenvalue weighted by molar-refractivity contribution is -0.425. The maximum atomic E-state index is 11.9. The molecule has 0 spiro atoms. The number of carbonyl (C=O) groups excluding carboxylic acids is 2.